The SMILES string of the molecule is CC(C)(C)OC(=O)NCCNS(=O)(=O)c1cccc2nc(Br)sc12. The first-order chi connectivity index (χ1) is 11.1. The van der Waals surface area contributed by atoms with Crippen LogP contribution in [0.3, 0.4) is 0 Å². The zero-order valence-corrected chi connectivity index (χ0v) is 16.6. The molecule has 0 unspecified atom stereocenters. The minimum absolute atomic E-state index is 0.0535. The van der Waals surface area contributed by atoms with Gasteiger partial charge < -0.3 is 10.1 Å². The number of sulfonamides is 1. The molecule has 1 heterocycles. The molecular formula is C14H18BrN3O4S2. The number of carbonyl (C=O) groups is 1. The summed E-state index contributed by atoms with van der Waals surface area (Å²) in [6, 6.07) is 4.91. The van der Waals surface area contributed by atoms with Gasteiger partial charge in [-0.2, -0.15) is 0 Å². The molecule has 0 fully saturated rings. The second kappa shape index (κ2) is 7.34. The van der Waals surface area contributed by atoms with Crippen LogP contribution in [0, 0.1) is 0 Å². The summed E-state index contributed by atoms with van der Waals surface area (Å²) in [5.74, 6) is 0. The van der Waals surface area contributed by atoms with Gasteiger partial charge >= 0.3 is 6.09 Å². The van der Waals surface area contributed by atoms with E-state index in [1.807, 2.05) is 0 Å². The van der Waals surface area contributed by atoms with Gasteiger partial charge in [0.1, 0.15) is 10.5 Å². The molecular weight excluding hydrogens is 418 g/mol. The number of hydrogen-bond donors (Lipinski definition) is 2. The summed E-state index contributed by atoms with van der Waals surface area (Å²) in [4.78, 5) is 15.9. The quantitative estimate of drug-likeness (QED) is 0.703. The minimum Gasteiger partial charge on any atom is -0.444 e. The van der Waals surface area contributed by atoms with Gasteiger partial charge in [-0.3, -0.25) is 0 Å². The molecule has 1 aromatic carbocycles. The maximum Gasteiger partial charge on any atom is 0.407 e. The van der Waals surface area contributed by atoms with Crippen LogP contribution in [0.2, 0.25) is 0 Å². The highest BCUT2D eigenvalue weighted by atomic mass is 79.9. The van der Waals surface area contributed by atoms with Gasteiger partial charge in [-0.15, -0.1) is 11.3 Å². The highest BCUT2D eigenvalue weighted by molar-refractivity contribution is 9.11. The lowest BCUT2D eigenvalue weighted by atomic mass is 10.2. The van der Waals surface area contributed by atoms with Gasteiger partial charge in [0.05, 0.1) is 10.2 Å². The monoisotopic (exact) mass is 435 g/mol. The molecule has 0 saturated heterocycles. The minimum atomic E-state index is -3.70. The summed E-state index contributed by atoms with van der Waals surface area (Å²) < 4.78 is 33.6. The van der Waals surface area contributed by atoms with Gasteiger partial charge in [0.25, 0.3) is 0 Å². The van der Waals surface area contributed by atoms with Gasteiger partial charge in [-0.05, 0) is 48.8 Å². The molecule has 0 aliphatic carbocycles. The van der Waals surface area contributed by atoms with Crippen molar-refractivity contribution >= 4 is 53.6 Å². The third kappa shape index (κ3) is 5.13. The predicted molar refractivity (Wildman–Crippen MR) is 96.7 cm³/mol. The molecule has 132 valence electrons. The Bertz CT molecular complexity index is 843. The Morgan fingerprint density at radius 1 is 1.33 bits per heavy atom. The second-order valence-corrected chi connectivity index (χ2v) is 9.91. The van der Waals surface area contributed by atoms with Crippen molar-refractivity contribution in [2.24, 2.45) is 0 Å². The van der Waals surface area contributed by atoms with Crippen LogP contribution in [0.4, 0.5) is 4.79 Å². The third-order valence-corrected chi connectivity index (χ3v) is 5.92. The van der Waals surface area contributed by atoms with E-state index in [1.54, 1.807) is 32.9 Å². The number of benzene rings is 1. The molecule has 2 rings (SSSR count). The third-order valence-electron chi connectivity index (χ3n) is 2.73. The second-order valence-electron chi connectivity index (χ2n) is 5.90. The number of thiazole rings is 1. The fourth-order valence-corrected chi connectivity index (χ4v) is 4.81. The van der Waals surface area contributed by atoms with Crippen molar-refractivity contribution in [2.45, 2.75) is 31.3 Å². The topological polar surface area (TPSA) is 97.4 Å². The van der Waals surface area contributed by atoms with E-state index in [1.165, 1.54) is 17.4 Å². The van der Waals surface area contributed by atoms with Crippen molar-refractivity contribution < 1.29 is 17.9 Å². The zero-order valence-electron chi connectivity index (χ0n) is 13.4. The van der Waals surface area contributed by atoms with Crippen molar-refractivity contribution in [2.75, 3.05) is 13.1 Å². The van der Waals surface area contributed by atoms with Crippen LogP contribution in [-0.4, -0.2) is 38.2 Å². The summed E-state index contributed by atoms with van der Waals surface area (Å²) in [6.45, 7) is 5.43. The van der Waals surface area contributed by atoms with Gasteiger partial charge in [-0.1, -0.05) is 6.07 Å². The molecule has 0 radical (unpaired) electrons. The van der Waals surface area contributed by atoms with Crippen molar-refractivity contribution in [3.8, 4) is 0 Å². The summed E-state index contributed by atoms with van der Waals surface area (Å²) in [5, 5.41) is 2.50. The molecule has 1 amide bonds. The smallest absolute Gasteiger partial charge is 0.407 e. The Morgan fingerprint density at radius 3 is 2.71 bits per heavy atom. The average Bonchev–Trinajstić information content (AvgIpc) is 2.81. The molecule has 0 spiro atoms. The predicted octanol–water partition coefficient (Wildman–Crippen LogP) is 2.86. The largest absolute Gasteiger partial charge is 0.444 e. The van der Waals surface area contributed by atoms with Crippen molar-refractivity contribution in [1.29, 1.82) is 0 Å². The van der Waals surface area contributed by atoms with E-state index in [-0.39, 0.29) is 18.0 Å². The lowest BCUT2D eigenvalue weighted by molar-refractivity contribution is 0.0529. The van der Waals surface area contributed by atoms with Crippen molar-refractivity contribution in [3.63, 3.8) is 0 Å². The first-order valence-electron chi connectivity index (χ1n) is 7.10. The van der Waals surface area contributed by atoms with E-state index >= 15 is 0 Å². The fourth-order valence-electron chi connectivity index (χ4n) is 1.85. The number of alkyl carbamates (subject to hydrolysis) is 1. The molecule has 7 nitrogen and oxygen atoms in total. The number of nitrogens with one attached hydrogen (secondary N) is 2. The summed E-state index contributed by atoms with van der Waals surface area (Å²) >= 11 is 4.51. The number of nitrogens with zero attached hydrogens (tertiary/aromatic N) is 1. The zero-order chi connectivity index (χ0) is 18.0. The molecule has 24 heavy (non-hydrogen) atoms. The number of ether oxygens (including phenoxy) is 1. The Hall–Kier alpha value is -1.23. The summed E-state index contributed by atoms with van der Waals surface area (Å²) in [6.07, 6.45) is -0.588. The van der Waals surface area contributed by atoms with E-state index in [0.29, 0.717) is 14.1 Å². The number of rotatable bonds is 5. The van der Waals surface area contributed by atoms with Crippen LogP contribution in [0.15, 0.2) is 27.0 Å². The first kappa shape index (κ1) is 19.1. The normalized spacial score (nSPS) is 12.3. The number of halogens is 1. The molecule has 0 aliphatic rings. The molecule has 2 aromatic rings. The molecule has 0 bridgehead atoms. The van der Waals surface area contributed by atoms with E-state index in [4.69, 9.17) is 4.74 Å². The van der Waals surface area contributed by atoms with Gasteiger partial charge in [0.2, 0.25) is 10.0 Å². The fraction of sp³-hybridized carbons (Fsp3) is 0.429. The number of carbonyl (C=O) groups excluding carboxylic acids is 1. The number of fused-ring (bicyclic) bond motifs is 1. The van der Waals surface area contributed by atoms with Gasteiger partial charge in [0, 0.05) is 13.1 Å². The maximum absolute atomic E-state index is 12.4. The van der Waals surface area contributed by atoms with E-state index in [2.05, 4.69) is 31.0 Å². The highest BCUT2D eigenvalue weighted by Gasteiger charge is 2.20. The average molecular weight is 436 g/mol. The van der Waals surface area contributed by atoms with Crippen LogP contribution >= 0.6 is 27.3 Å². The molecule has 0 aliphatic heterocycles. The van der Waals surface area contributed by atoms with Crippen LogP contribution in [0.25, 0.3) is 10.2 Å². The molecule has 0 atom stereocenters. The molecule has 10 heteroatoms. The van der Waals surface area contributed by atoms with Gasteiger partial charge in [0.15, 0.2) is 3.92 Å². The highest BCUT2D eigenvalue weighted by Crippen LogP contribution is 2.31. The lowest BCUT2D eigenvalue weighted by Gasteiger charge is -2.19. The number of amides is 1. The Kier molecular flexibility index (Phi) is 5.84. The summed E-state index contributed by atoms with van der Waals surface area (Å²) in [5.41, 5.74) is 0.0142. The Morgan fingerprint density at radius 2 is 2.04 bits per heavy atom. The molecule has 1 aromatic heterocycles. The Balaban J connectivity index is 1.98. The van der Waals surface area contributed by atoms with E-state index in [0.717, 1.165) is 0 Å². The first-order valence-corrected chi connectivity index (χ1v) is 10.2. The maximum atomic E-state index is 12.4. The van der Waals surface area contributed by atoms with Crippen molar-refractivity contribution in [3.05, 3.63) is 22.1 Å². The molecule has 0 saturated carbocycles. The van der Waals surface area contributed by atoms with E-state index < -0.39 is 21.7 Å². The van der Waals surface area contributed by atoms with Crippen molar-refractivity contribution in [1.82, 2.24) is 15.0 Å². The lowest BCUT2D eigenvalue weighted by Crippen LogP contribution is -2.37. The molecule has 2 N–H and O–H groups in total. The summed E-state index contributed by atoms with van der Waals surface area (Å²) in [7, 11) is -3.70. The van der Waals surface area contributed by atoms with Crippen LogP contribution in [0.5, 0.6) is 0 Å². The van der Waals surface area contributed by atoms with E-state index in [9.17, 15) is 13.2 Å². The number of hydrogen-bond acceptors (Lipinski definition) is 6. The Labute approximate surface area is 153 Å². The van der Waals surface area contributed by atoms with Crippen LogP contribution in [-0.2, 0) is 14.8 Å². The standard InChI is InChI=1S/C14H18BrN3O4S2/c1-14(2,3)22-13(19)16-7-8-17-24(20,21)10-6-4-5-9-11(10)23-12(15)18-9/h4-6,17H,7-8H2,1-3H3,(H,16,19). The van der Waals surface area contributed by atoms with Crippen LogP contribution in [0.1, 0.15) is 20.8 Å². The number of aromatic nitrogens is 1. The van der Waals surface area contributed by atoms with Gasteiger partial charge in [-0.25, -0.2) is 22.9 Å². The van der Waals surface area contributed by atoms with Crippen LogP contribution < -0.4 is 10.0 Å².